The first-order chi connectivity index (χ1) is 26.4. The molecule has 10 nitrogen and oxygen atoms in total. The molecule has 0 aromatic carbocycles. The fraction of sp³-hybridized carbons (Fsp3) is 0.727. The van der Waals surface area contributed by atoms with Gasteiger partial charge in [0.1, 0.15) is 19.8 Å². The Hall–Kier alpha value is -2.33. The monoisotopic (exact) mass is 796 g/mol. The zero-order valence-corrected chi connectivity index (χ0v) is 36.1. The van der Waals surface area contributed by atoms with E-state index in [0.717, 1.165) is 57.8 Å². The molecular weight excluding hydrogens is 717 g/mol. The lowest BCUT2D eigenvalue weighted by molar-refractivity contribution is -0.870. The van der Waals surface area contributed by atoms with Crippen LogP contribution in [0.5, 0.6) is 0 Å². The molecule has 0 saturated carbocycles. The van der Waals surface area contributed by atoms with Crippen LogP contribution in [0, 0.1) is 0 Å². The highest BCUT2D eigenvalue weighted by molar-refractivity contribution is 7.45. The molecule has 3 atom stereocenters. The summed E-state index contributed by atoms with van der Waals surface area (Å²) in [7, 11) is 1.05. The van der Waals surface area contributed by atoms with E-state index in [0.29, 0.717) is 30.3 Å². The number of hydrogen-bond acceptors (Lipinski definition) is 9. The molecule has 11 heteroatoms. The number of nitrogens with zero attached hydrogens (tertiary/aromatic N) is 1. The molecule has 1 unspecified atom stereocenters. The lowest BCUT2D eigenvalue weighted by atomic mass is 10.1. The predicted octanol–water partition coefficient (Wildman–Crippen LogP) is 10.0. The SMILES string of the molecule is CCCCC/C=C\C/C=C\C/C=C\C=C\[C@@H](O)CCCC(=O)OC[C@H](COP(=O)([O-])OCC[N+](C)(C)C)OC(=O)CCCCCCC/C=C\CCCCCC. The first kappa shape index (κ1) is 52.7. The molecule has 0 aliphatic rings. The van der Waals surface area contributed by atoms with E-state index in [9.17, 15) is 24.2 Å². The van der Waals surface area contributed by atoms with Crippen LogP contribution in [0.1, 0.15) is 149 Å². The number of rotatable bonds is 37. The number of carbonyl (C=O) groups excluding carboxylic acids is 2. The number of hydrogen-bond donors (Lipinski definition) is 1. The summed E-state index contributed by atoms with van der Waals surface area (Å²) in [6, 6.07) is 0. The third-order valence-corrected chi connectivity index (χ3v) is 9.58. The number of aliphatic hydroxyl groups is 1. The van der Waals surface area contributed by atoms with E-state index < -0.39 is 38.6 Å². The second-order valence-corrected chi connectivity index (χ2v) is 16.6. The van der Waals surface area contributed by atoms with E-state index >= 15 is 0 Å². The number of phosphoric ester groups is 1. The molecule has 0 amide bonds. The third kappa shape index (κ3) is 39.7. The molecule has 0 fully saturated rings. The van der Waals surface area contributed by atoms with Crippen molar-refractivity contribution >= 4 is 19.8 Å². The zero-order valence-electron chi connectivity index (χ0n) is 35.2. The third-order valence-electron chi connectivity index (χ3n) is 8.61. The Kier molecular flexibility index (Phi) is 34.5. The van der Waals surface area contributed by atoms with Crippen molar-refractivity contribution in [3.8, 4) is 0 Å². The molecule has 0 saturated heterocycles. The van der Waals surface area contributed by atoms with Crippen molar-refractivity contribution in [2.45, 2.75) is 161 Å². The van der Waals surface area contributed by atoms with Gasteiger partial charge in [-0.3, -0.25) is 14.2 Å². The van der Waals surface area contributed by atoms with Crippen LogP contribution in [0.3, 0.4) is 0 Å². The van der Waals surface area contributed by atoms with Crippen molar-refractivity contribution in [2.24, 2.45) is 0 Å². The maximum atomic E-state index is 12.6. The van der Waals surface area contributed by atoms with Crippen LogP contribution in [-0.2, 0) is 32.7 Å². The zero-order chi connectivity index (χ0) is 40.9. The minimum absolute atomic E-state index is 0.0447. The van der Waals surface area contributed by atoms with Crippen molar-refractivity contribution in [3.05, 3.63) is 60.8 Å². The van der Waals surface area contributed by atoms with Crippen LogP contribution in [0.25, 0.3) is 0 Å². The molecule has 0 aliphatic heterocycles. The first-order valence-electron chi connectivity index (χ1n) is 21.1. The van der Waals surface area contributed by atoms with E-state index in [1.807, 2.05) is 33.3 Å². The van der Waals surface area contributed by atoms with Gasteiger partial charge in [0.05, 0.1) is 33.9 Å². The summed E-state index contributed by atoms with van der Waals surface area (Å²) in [4.78, 5) is 37.5. The number of unbranched alkanes of at least 4 members (excludes halogenated alkanes) is 12. The molecular formula is C44H78NO9P. The number of esters is 2. The molecule has 0 spiro atoms. The Morgan fingerprint density at radius 1 is 0.673 bits per heavy atom. The summed E-state index contributed by atoms with van der Waals surface area (Å²) in [5, 5.41) is 10.3. The number of quaternary nitrogens is 1. The Morgan fingerprint density at radius 2 is 1.22 bits per heavy atom. The van der Waals surface area contributed by atoms with E-state index in [1.165, 1.54) is 44.9 Å². The van der Waals surface area contributed by atoms with Gasteiger partial charge in [0.25, 0.3) is 7.82 Å². The average Bonchev–Trinajstić information content (AvgIpc) is 3.12. The van der Waals surface area contributed by atoms with Gasteiger partial charge in [-0.2, -0.15) is 0 Å². The molecule has 318 valence electrons. The average molecular weight is 796 g/mol. The highest BCUT2D eigenvalue weighted by Crippen LogP contribution is 2.38. The highest BCUT2D eigenvalue weighted by Gasteiger charge is 2.21. The Bertz CT molecular complexity index is 1140. The van der Waals surface area contributed by atoms with Gasteiger partial charge in [0.15, 0.2) is 6.10 Å². The number of likely N-dealkylation sites (N-methyl/N-ethyl adjacent to an activating group) is 1. The van der Waals surface area contributed by atoms with Crippen LogP contribution in [0.2, 0.25) is 0 Å². The number of phosphoric acid groups is 1. The lowest BCUT2D eigenvalue weighted by Gasteiger charge is -2.28. The maximum Gasteiger partial charge on any atom is 0.306 e. The largest absolute Gasteiger partial charge is 0.756 e. The Labute approximate surface area is 335 Å². The summed E-state index contributed by atoms with van der Waals surface area (Å²) in [6.07, 6.45) is 38.5. The van der Waals surface area contributed by atoms with Crippen molar-refractivity contribution < 1.29 is 47.2 Å². The smallest absolute Gasteiger partial charge is 0.306 e. The van der Waals surface area contributed by atoms with E-state index in [-0.39, 0.29) is 26.1 Å². The maximum absolute atomic E-state index is 12.6. The van der Waals surface area contributed by atoms with Gasteiger partial charge in [-0.25, -0.2) is 0 Å². The first-order valence-corrected chi connectivity index (χ1v) is 22.6. The molecule has 0 aromatic heterocycles. The van der Waals surface area contributed by atoms with E-state index in [2.05, 4.69) is 50.3 Å². The van der Waals surface area contributed by atoms with Gasteiger partial charge in [-0.1, -0.05) is 126 Å². The molecule has 55 heavy (non-hydrogen) atoms. The number of allylic oxidation sites excluding steroid dienone is 9. The quantitative estimate of drug-likeness (QED) is 0.0163. The Balaban J connectivity index is 4.61. The molecule has 1 N–H and O–H groups in total. The lowest BCUT2D eigenvalue weighted by Crippen LogP contribution is -2.37. The van der Waals surface area contributed by atoms with Crippen molar-refractivity contribution in [2.75, 3.05) is 47.5 Å². The number of ether oxygens (including phenoxy) is 2. The fourth-order valence-electron chi connectivity index (χ4n) is 5.22. The number of aliphatic hydroxyl groups excluding tert-OH is 1. The summed E-state index contributed by atoms with van der Waals surface area (Å²) in [5.74, 6) is -1.05. The van der Waals surface area contributed by atoms with Gasteiger partial charge in [0.2, 0.25) is 0 Å². The van der Waals surface area contributed by atoms with Gasteiger partial charge in [-0.05, 0) is 70.6 Å². The van der Waals surface area contributed by atoms with Crippen LogP contribution >= 0.6 is 7.82 Å². The summed E-state index contributed by atoms with van der Waals surface area (Å²) >= 11 is 0. The van der Waals surface area contributed by atoms with E-state index in [1.54, 1.807) is 12.2 Å². The van der Waals surface area contributed by atoms with Crippen LogP contribution in [-0.4, -0.2) is 81.2 Å². The van der Waals surface area contributed by atoms with Crippen molar-refractivity contribution in [3.63, 3.8) is 0 Å². The van der Waals surface area contributed by atoms with Crippen LogP contribution < -0.4 is 4.89 Å². The molecule has 0 aliphatic carbocycles. The van der Waals surface area contributed by atoms with Crippen molar-refractivity contribution in [1.29, 1.82) is 0 Å². The molecule has 0 radical (unpaired) electrons. The van der Waals surface area contributed by atoms with Gasteiger partial charge in [-0.15, -0.1) is 0 Å². The Morgan fingerprint density at radius 3 is 1.89 bits per heavy atom. The summed E-state index contributed by atoms with van der Waals surface area (Å²) < 4.78 is 33.7. The van der Waals surface area contributed by atoms with Crippen LogP contribution in [0.15, 0.2) is 60.8 Å². The normalized spacial score (nSPS) is 14.8. The van der Waals surface area contributed by atoms with Crippen LogP contribution in [0.4, 0.5) is 0 Å². The fourth-order valence-corrected chi connectivity index (χ4v) is 5.95. The highest BCUT2D eigenvalue weighted by atomic mass is 31.2. The molecule has 0 bridgehead atoms. The summed E-state index contributed by atoms with van der Waals surface area (Å²) in [6.45, 7) is 3.92. The molecule has 0 heterocycles. The predicted molar refractivity (Wildman–Crippen MR) is 223 cm³/mol. The van der Waals surface area contributed by atoms with Gasteiger partial charge in [0, 0.05) is 12.8 Å². The second-order valence-electron chi connectivity index (χ2n) is 15.2. The second kappa shape index (κ2) is 36.0. The number of carbonyl (C=O) groups is 2. The topological polar surface area (TPSA) is 131 Å². The van der Waals surface area contributed by atoms with Crippen molar-refractivity contribution in [1.82, 2.24) is 0 Å². The minimum atomic E-state index is -4.67. The molecule has 0 rings (SSSR count). The van der Waals surface area contributed by atoms with Gasteiger partial charge < -0.3 is 33.0 Å². The standard InChI is InChI=1S/C44H78NO9P/c1-6-8-10-12-14-16-18-20-22-24-26-28-30-33-41(46)34-32-36-43(47)51-39-42(40-53-55(49,50)52-38-37-45(3,4)5)54-44(48)35-31-29-27-25-23-21-19-17-15-13-11-9-7-2/h14,16-17,19-20,22,26,28,30,33,41-42,46H,6-13,15,18,21,23-25,27,29,31-32,34-40H2,1-5H3/b16-14-,19-17-,22-20-,28-26-,33-30+/t41-,42-/m1/s1. The van der Waals surface area contributed by atoms with E-state index in [4.69, 9.17) is 18.5 Å². The minimum Gasteiger partial charge on any atom is -0.756 e. The summed E-state index contributed by atoms with van der Waals surface area (Å²) in [5.41, 5.74) is 0. The van der Waals surface area contributed by atoms with Gasteiger partial charge >= 0.3 is 11.9 Å². The molecule has 0 aromatic rings.